The van der Waals surface area contributed by atoms with Crippen LogP contribution in [0, 0.1) is 23.7 Å². The van der Waals surface area contributed by atoms with Gasteiger partial charge in [-0.05, 0) is 49.4 Å². The molecule has 0 saturated heterocycles. The molecule has 0 aromatic rings. The molecule has 3 N–H and O–H groups in total. The third-order valence-electron chi connectivity index (χ3n) is 20.9. The van der Waals surface area contributed by atoms with E-state index in [-0.39, 0.29) is 25.7 Å². The second-order valence-electron chi connectivity index (χ2n) is 33.3. The van der Waals surface area contributed by atoms with E-state index < -0.39 is 97.5 Å². The zero-order valence-corrected chi connectivity index (χ0v) is 72.6. The van der Waals surface area contributed by atoms with Crippen molar-refractivity contribution in [2.75, 3.05) is 39.6 Å². The van der Waals surface area contributed by atoms with Crippen LogP contribution in [0.1, 0.15) is 460 Å². The quantitative estimate of drug-likeness (QED) is 0.0222. The van der Waals surface area contributed by atoms with Gasteiger partial charge >= 0.3 is 39.5 Å². The maximum Gasteiger partial charge on any atom is 0.472 e. The van der Waals surface area contributed by atoms with Crippen LogP contribution in [-0.4, -0.2) is 96.7 Å². The zero-order chi connectivity index (χ0) is 78.8. The van der Waals surface area contributed by atoms with Gasteiger partial charge in [-0.15, -0.1) is 0 Å². The van der Waals surface area contributed by atoms with Crippen LogP contribution in [0.5, 0.6) is 0 Å². The van der Waals surface area contributed by atoms with Gasteiger partial charge in [-0.25, -0.2) is 9.13 Å². The lowest BCUT2D eigenvalue weighted by atomic mass is 9.99. The summed E-state index contributed by atoms with van der Waals surface area (Å²) >= 11 is 0. The van der Waals surface area contributed by atoms with E-state index in [0.717, 1.165) is 114 Å². The highest BCUT2D eigenvalue weighted by molar-refractivity contribution is 7.47. The van der Waals surface area contributed by atoms with Crippen molar-refractivity contribution < 1.29 is 80.2 Å². The maximum atomic E-state index is 13.2. The van der Waals surface area contributed by atoms with Crippen molar-refractivity contribution in [1.29, 1.82) is 0 Å². The first-order valence-corrected chi connectivity index (χ1v) is 48.2. The minimum absolute atomic E-state index is 0.107. The molecule has 0 bridgehead atoms. The van der Waals surface area contributed by atoms with Crippen LogP contribution in [-0.2, 0) is 65.4 Å². The molecule has 0 radical (unpaired) electrons. The summed E-state index contributed by atoms with van der Waals surface area (Å²) in [6, 6.07) is 0. The summed E-state index contributed by atoms with van der Waals surface area (Å²) in [6.45, 7) is 14.4. The fraction of sp³-hybridized carbons (Fsp3) is 0.955. The normalized spacial score (nSPS) is 14.1. The molecule has 17 nitrogen and oxygen atoms in total. The standard InChI is InChI=1S/C88H172O17P2/c1-9-81(8)67-59-51-43-35-29-23-16-12-10-11-13-17-24-30-36-44-52-60-68-85(90)98-74-83(104-87(92)70-62-54-45-37-31-25-18-14-15-21-27-33-40-48-56-64-78(2)3)76-102-106(94,95)100-72-82(89)73-101-107(96,97)103-77-84(75-99-86(91)69-61-53-47-39-42-50-58-66-80(6)7)105-88(93)71-63-55-46-38-32-26-20-19-22-28-34-41-49-57-65-79(4)5/h78-84,89H,9-77H2,1-8H3,(H,94,95)(H,96,97)/t81?,82?,83-,84-/m1/s1. The van der Waals surface area contributed by atoms with Crippen molar-refractivity contribution in [2.45, 2.75) is 478 Å². The lowest BCUT2D eigenvalue weighted by molar-refractivity contribution is -0.161. The molecule has 0 fully saturated rings. The molecule has 0 aromatic carbocycles. The molecule has 6 atom stereocenters. The van der Waals surface area contributed by atoms with E-state index in [1.54, 1.807) is 0 Å². The van der Waals surface area contributed by atoms with Gasteiger partial charge in [0.05, 0.1) is 26.4 Å². The number of phosphoric acid groups is 2. The van der Waals surface area contributed by atoms with Gasteiger partial charge in [-0.3, -0.25) is 37.3 Å². The average molecular weight is 1560 g/mol. The third kappa shape index (κ3) is 80.5. The van der Waals surface area contributed by atoms with E-state index in [4.69, 9.17) is 37.0 Å². The number of carbonyl (C=O) groups excluding carboxylic acids is 4. The Morgan fingerprint density at radius 3 is 0.664 bits per heavy atom. The third-order valence-corrected chi connectivity index (χ3v) is 22.8. The fourth-order valence-electron chi connectivity index (χ4n) is 13.6. The molecule has 107 heavy (non-hydrogen) atoms. The van der Waals surface area contributed by atoms with Crippen molar-refractivity contribution in [3.05, 3.63) is 0 Å². The summed E-state index contributed by atoms with van der Waals surface area (Å²) in [6.07, 6.45) is 66.7. The monoisotopic (exact) mass is 1560 g/mol. The molecule has 0 spiro atoms. The van der Waals surface area contributed by atoms with Crippen LogP contribution < -0.4 is 0 Å². The first kappa shape index (κ1) is 105. The molecular weight excluding hydrogens is 1390 g/mol. The van der Waals surface area contributed by atoms with Gasteiger partial charge in [0, 0.05) is 25.7 Å². The molecule has 0 saturated carbocycles. The Morgan fingerprint density at radius 1 is 0.262 bits per heavy atom. The molecule has 0 amide bonds. The molecule has 0 aliphatic carbocycles. The van der Waals surface area contributed by atoms with E-state index in [0.29, 0.717) is 31.6 Å². The van der Waals surface area contributed by atoms with Crippen molar-refractivity contribution >= 4 is 39.5 Å². The molecule has 4 unspecified atom stereocenters. The molecule has 0 rings (SSSR count). The number of aliphatic hydroxyl groups excluding tert-OH is 1. The van der Waals surface area contributed by atoms with E-state index >= 15 is 0 Å². The first-order valence-electron chi connectivity index (χ1n) is 45.2. The van der Waals surface area contributed by atoms with Gasteiger partial charge in [0.2, 0.25) is 0 Å². The molecule has 0 heterocycles. The van der Waals surface area contributed by atoms with Crippen LogP contribution in [0.15, 0.2) is 0 Å². The fourth-order valence-corrected chi connectivity index (χ4v) is 15.2. The Hall–Kier alpha value is -1.94. The largest absolute Gasteiger partial charge is 0.472 e. The lowest BCUT2D eigenvalue weighted by Gasteiger charge is -2.21. The highest BCUT2D eigenvalue weighted by Gasteiger charge is 2.31. The lowest BCUT2D eigenvalue weighted by Crippen LogP contribution is -2.30. The van der Waals surface area contributed by atoms with Gasteiger partial charge in [0.25, 0.3) is 0 Å². The van der Waals surface area contributed by atoms with E-state index in [1.165, 1.54) is 257 Å². The van der Waals surface area contributed by atoms with Gasteiger partial charge in [-0.1, -0.05) is 409 Å². The first-order chi connectivity index (χ1) is 51.6. The number of ether oxygens (including phenoxy) is 4. The molecule has 0 aromatic heterocycles. The minimum Gasteiger partial charge on any atom is -0.462 e. The average Bonchev–Trinajstić information content (AvgIpc) is 0.829. The summed E-state index contributed by atoms with van der Waals surface area (Å²) in [5.41, 5.74) is 0. The highest BCUT2D eigenvalue weighted by Crippen LogP contribution is 2.45. The Kier molecular flexibility index (Phi) is 75.3. The Bertz CT molecular complexity index is 2080. The Morgan fingerprint density at radius 2 is 0.449 bits per heavy atom. The Balaban J connectivity index is 5.22. The Labute approximate surface area is 658 Å². The van der Waals surface area contributed by atoms with Gasteiger partial charge < -0.3 is 33.8 Å². The van der Waals surface area contributed by atoms with Gasteiger partial charge in [0.15, 0.2) is 12.2 Å². The van der Waals surface area contributed by atoms with Crippen molar-refractivity contribution in [2.24, 2.45) is 23.7 Å². The number of hydrogen-bond donors (Lipinski definition) is 3. The number of rotatable bonds is 85. The van der Waals surface area contributed by atoms with Gasteiger partial charge in [-0.2, -0.15) is 0 Å². The number of carbonyl (C=O) groups is 4. The van der Waals surface area contributed by atoms with E-state index in [1.807, 2.05) is 0 Å². The van der Waals surface area contributed by atoms with Crippen LogP contribution in [0.25, 0.3) is 0 Å². The summed E-state index contributed by atoms with van der Waals surface area (Å²) in [5, 5.41) is 10.7. The number of phosphoric ester groups is 2. The van der Waals surface area contributed by atoms with Crippen LogP contribution in [0.3, 0.4) is 0 Å². The molecule has 0 aliphatic heterocycles. The number of unbranched alkanes of at least 4 members (excludes halogenated alkanes) is 50. The summed E-state index contributed by atoms with van der Waals surface area (Å²) in [4.78, 5) is 73.3. The topological polar surface area (TPSA) is 237 Å². The molecule has 0 aliphatic rings. The molecule has 19 heteroatoms. The predicted molar refractivity (Wildman–Crippen MR) is 441 cm³/mol. The van der Waals surface area contributed by atoms with E-state index in [2.05, 4.69) is 55.4 Å². The number of aliphatic hydroxyl groups is 1. The smallest absolute Gasteiger partial charge is 0.462 e. The highest BCUT2D eigenvalue weighted by atomic mass is 31.2. The van der Waals surface area contributed by atoms with Crippen LogP contribution in [0.4, 0.5) is 0 Å². The predicted octanol–water partition coefficient (Wildman–Crippen LogP) is 26.7. The maximum absolute atomic E-state index is 13.2. The second-order valence-corrected chi connectivity index (χ2v) is 36.2. The van der Waals surface area contributed by atoms with Crippen molar-refractivity contribution in [3.63, 3.8) is 0 Å². The minimum atomic E-state index is -4.97. The van der Waals surface area contributed by atoms with E-state index in [9.17, 15) is 43.2 Å². The SMILES string of the molecule is CCC(C)CCCCCCCCCCCCCCCCCCCCC(=O)OC[C@H](COP(=O)(O)OCC(O)COP(=O)(O)OC[C@@H](COC(=O)CCCCCCCCCC(C)C)OC(=O)CCCCCCCCCCCCCCCCC(C)C)OC(=O)CCCCCCCCCCCCCCCCCC(C)C. The molecule has 636 valence electrons. The number of hydrogen-bond acceptors (Lipinski definition) is 15. The summed E-state index contributed by atoms with van der Waals surface area (Å²) < 4.78 is 68.9. The summed E-state index contributed by atoms with van der Waals surface area (Å²) in [5.74, 6) is 1.07. The zero-order valence-electron chi connectivity index (χ0n) is 70.8. The molecular formula is C88H172O17P2. The van der Waals surface area contributed by atoms with Crippen LogP contribution >= 0.6 is 15.6 Å². The van der Waals surface area contributed by atoms with Crippen LogP contribution in [0.2, 0.25) is 0 Å². The number of esters is 4. The van der Waals surface area contributed by atoms with Crippen molar-refractivity contribution in [1.82, 2.24) is 0 Å². The second kappa shape index (κ2) is 76.7. The summed E-state index contributed by atoms with van der Waals surface area (Å²) in [7, 11) is -9.93. The van der Waals surface area contributed by atoms with Crippen molar-refractivity contribution in [3.8, 4) is 0 Å². The van der Waals surface area contributed by atoms with Gasteiger partial charge in [0.1, 0.15) is 19.3 Å².